The molecule has 0 bridgehead atoms. The number of rotatable bonds is 2. The zero-order valence-electron chi connectivity index (χ0n) is 10.4. The lowest BCUT2D eigenvalue weighted by Gasteiger charge is -2.11. The van der Waals surface area contributed by atoms with Gasteiger partial charge in [0.05, 0.1) is 12.7 Å². The Labute approximate surface area is 115 Å². The largest absolute Gasteiger partial charge is 0.504 e. The summed E-state index contributed by atoms with van der Waals surface area (Å²) in [5, 5.41) is 19.2. The summed E-state index contributed by atoms with van der Waals surface area (Å²) in [4.78, 5) is 3.95. The maximum Gasteiger partial charge on any atom is 0.160 e. The van der Waals surface area contributed by atoms with Crippen LogP contribution in [0, 0.1) is 18.3 Å². The summed E-state index contributed by atoms with van der Waals surface area (Å²) in [6.07, 6.45) is 1.60. The minimum Gasteiger partial charge on any atom is -0.504 e. The quantitative estimate of drug-likeness (QED) is 0.853. The van der Waals surface area contributed by atoms with E-state index in [4.69, 9.17) is 16.3 Å². The van der Waals surface area contributed by atoms with Gasteiger partial charge in [0.25, 0.3) is 0 Å². The van der Waals surface area contributed by atoms with Gasteiger partial charge in [0.2, 0.25) is 0 Å². The fourth-order valence-electron chi connectivity index (χ4n) is 1.90. The van der Waals surface area contributed by atoms with E-state index in [0.717, 1.165) is 5.56 Å². The van der Waals surface area contributed by atoms with Crippen LogP contribution in [-0.4, -0.2) is 17.2 Å². The maximum absolute atomic E-state index is 9.82. The van der Waals surface area contributed by atoms with Crippen molar-refractivity contribution < 1.29 is 9.84 Å². The zero-order chi connectivity index (χ0) is 14.0. The summed E-state index contributed by atoms with van der Waals surface area (Å²) in [5.74, 6) is 0.385. The molecule has 0 amide bonds. The molecule has 96 valence electrons. The number of hydrogen-bond donors (Lipinski definition) is 1. The molecule has 0 radical (unpaired) electrons. The first-order chi connectivity index (χ1) is 9.08. The van der Waals surface area contributed by atoms with Crippen molar-refractivity contribution in [3.8, 4) is 28.7 Å². The maximum atomic E-state index is 9.82. The summed E-state index contributed by atoms with van der Waals surface area (Å²) in [7, 11) is 1.48. The van der Waals surface area contributed by atoms with Gasteiger partial charge in [-0.25, -0.2) is 4.98 Å². The van der Waals surface area contributed by atoms with Crippen molar-refractivity contribution in [2.45, 2.75) is 6.92 Å². The summed E-state index contributed by atoms with van der Waals surface area (Å²) < 4.78 is 4.99. The number of aromatic nitrogens is 1. The van der Waals surface area contributed by atoms with E-state index in [-0.39, 0.29) is 10.9 Å². The van der Waals surface area contributed by atoms with Crippen molar-refractivity contribution in [1.29, 1.82) is 5.26 Å². The minimum absolute atomic E-state index is 0.0104. The second-order valence-corrected chi connectivity index (χ2v) is 4.34. The number of phenolic OH excluding ortho intramolecular Hbond substituents is 1. The Morgan fingerprint density at radius 2 is 2.16 bits per heavy atom. The van der Waals surface area contributed by atoms with Gasteiger partial charge < -0.3 is 9.84 Å². The summed E-state index contributed by atoms with van der Waals surface area (Å²) >= 11 is 5.93. The number of halogens is 1. The molecule has 4 nitrogen and oxygen atoms in total. The highest BCUT2D eigenvalue weighted by Crippen LogP contribution is 2.35. The van der Waals surface area contributed by atoms with Gasteiger partial charge in [-0.15, -0.1) is 0 Å². The van der Waals surface area contributed by atoms with Crippen molar-refractivity contribution in [1.82, 2.24) is 4.98 Å². The third kappa shape index (κ3) is 2.33. The van der Waals surface area contributed by atoms with Gasteiger partial charge in [-0.05, 0) is 30.2 Å². The van der Waals surface area contributed by atoms with Crippen LogP contribution in [-0.2, 0) is 0 Å². The second kappa shape index (κ2) is 5.17. The molecule has 1 aromatic heterocycles. The molecule has 1 aromatic carbocycles. The van der Waals surface area contributed by atoms with Gasteiger partial charge >= 0.3 is 0 Å². The molecule has 0 aliphatic heterocycles. The predicted octanol–water partition coefficient (Wildman–Crippen LogP) is 3.30. The van der Waals surface area contributed by atoms with E-state index in [1.54, 1.807) is 24.4 Å². The van der Waals surface area contributed by atoms with E-state index < -0.39 is 0 Å². The van der Waals surface area contributed by atoms with Crippen molar-refractivity contribution in [2.75, 3.05) is 7.11 Å². The molecule has 19 heavy (non-hydrogen) atoms. The number of phenols is 1. The van der Waals surface area contributed by atoms with E-state index in [1.807, 2.05) is 13.0 Å². The number of benzene rings is 1. The first kappa shape index (κ1) is 13.2. The molecule has 0 atom stereocenters. The van der Waals surface area contributed by atoms with Crippen molar-refractivity contribution in [2.24, 2.45) is 0 Å². The summed E-state index contributed by atoms with van der Waals surface area (Å²) in [5.41, 5.74) is 2.47. The van der Waals surface area contributed by atoms with Crippen LogP contribution >= 0.6 is 11.6 Å². The molecule has 1 N–H and O–H groups in total. The SMILES string of the molecule is COc1ccc(-c2c(C)cnc(Cl)c2C#N)cc1O. The molecule has 2 rings (SSSR count). The molecule has 0 saturated carbocycles. The van der Waals surface area contributed by atoms with Crippen LogP contribution in [0.3, 0.4) is 0 Å². The van der Waals surface area contributed by atoms with Crippen molar-refractivity contribution in [3.63, 3.8) is 0 Å². The topological polar surface area (TPSA) is 66.1 Å². The fourth-order valence-corrected chi connectivity index (χ4v) is 2.09. The number of nitrogens with zero attached hydrogens (tertiary/aromatic N) is 2. The number of ether oxygens (including phenoxy) is 1. The lowest BCUT2D eigenvalue weighted by atomic mass is 9.97. The van der Waals surface area contributed by atoms with Crippen LogP contribution < -0.4 is 4.74 Å². The van der Waals surface area contributed by atoms with Crippen LogP contribution in [0.5, 0.6) is 11.5 Å². The smallest absolute Gasteiger partial charge is 0.160 e. The lowest BCUT2D eigenvalue weighted by Crippen LogP contribution is -1.93. The molecule has 5 heteroatoms. The van der Waals surface area contributed by atoms with Gasteiger partial charge in [-0.2, -0.15) is 5.26 Å². The van der Waals surface area contributed by atoms with Crippen LogP contribution in [0.2, 0.25) is 5.15 Å². The Morgan fingerprint density at radius 3 is 2.74 bits per heavy atom. The van der Waals surface area contributed by atoms with Crippen LogP contribution in [0.1, 0.15) is 11.1 Å². The van der Waals surface area contributed by atoms with Gasteiger partial charge in [-0.1, -0.05) is 17.7 Å². The highest BCUT2D eigenvalue weighted by molar-refractivity contribution is 6.31. The summed E-state index contributed by atoms with van der Waals surface area (Å²) in [6, 6.07) is 6.98. The number of aromatic hydroxyl groups is 1. The van der Waals surface area contributed by atoms with E-state index >= 15 is 0 Å². The van der Waals surface area contributed by atoms with E-state index in [1.165, 1.54) is 7.11 Å². The van der Waals surface area contributed by atoms with Crippen LogP contribution in [0.25, 0.3) is 11.1 Å². The highest BCUT2D eigenvalue weighted by Gasteiger charge is 2.14. The molecule has 0 fully saturated rings. The Morgan fingerprint density at radius 1 is 1.42 bits per heavy atom. The Kier molecular flexibility index (Phi) is 3.59. The number of aryl methyl sites for hydroxylation is 1. The third-order valence-electron chi connectivity index (χ3n) is 2.80. The van der Waals surface area contributed by atoms with Gasteiger partial charge in [0, 0.05) is 11.8 Å². The highest BCUT2D eigenvalue weighted by atomic mass is 35.5. The fraction of sp³-hybridized carbons (Fsp3) is 0.143. The number of hydrogen-bond acceptors (Lipinski definition) is 4. The normalized spacial score (nSPS) is 10.0. The molecular formula is C14H11ClN2O2. The first-order valence-corrected chi connectivity index (χ1v) is 5.89. The van der Waals surface area contributed by atoms with E-state index in [2.05, 4.69) is 4.98 Å². The third-order valence-corrected chi connectivity index (χ3v) is 3.09. The number of pyridine rings is 1. The average Bonchev–Trinajstić information content (AvgIpc) is 2.41. The van der Waals surface area contributed by atoms with E-state index in [0.29, 0.717) is 22.4 Å². The zero-order valence-corrected chi connectivity index (χ0v) is 11.2. The number of methoxy groups -OCH3 is 1. The monoisotopic (exact) mass is 274 g/mol. The number of nitriles is 1. The van der Waals surface area contributed by atoms with Crippen molar-refractivity contribution >= 4 is 11.6 Å². The summed E-state index contributed by atoms with van der Waals surface area (Å²) in [6.45, 7) is 1.83. The van der Waals surface area contributed by atoms with Crippen LogP contribution in [0.15, 0.2) is 24.4 Å². The van der Waals surface area contributed by atoms with E-state index in [9.17, 15) is 10.4 Å². The predicted molar refractivity (Wildman–Crippen MR) is 72.4 cm³/mol. The Balaban J connectivity index is 2.69. The molecule has 0 saturated heterocycles. The Bertz CT molecular complexity index is 678. The molecule has 0 aliphatic carbocycles. The van der Waals surface area contributed by atoms with Gasteiger partial charge in [-0.3, -0.25) is 0 Å². The molecule has 0 aliphatic rings. The molecule has 1 heterocycles. The Hall–Kier alpha value is -2.25. The van der Waals surface area contributed by atoms with Crippen LogP contribution in [0.4, 0.5) is 0 Å². The first-order valence-electron chi connectivity index (χ1n) is 5.51. The van der Waals surface area contributed by atoms with Gasteiger partial charge in [0.1, 0.15) is 11.2 Å². The van der Waals surface area contributed by atoms with Crippen molar-refractivity contribution in [3.05, 3.63) is 40.7 Å². The molecule has 0 unspecified atom stereocenters. The van der Waals surface area contributed by atoms with Gasteiger partial charge in [0.15, 0.2) is 11.5 Å². The molecular weight excluding hydrogens is 264 g/mol. The lowest BCUT2D eigenvalue weighted by molar-refractivity contribution is 0.373. The molecule has 0 spiro atoms. The standard InChI is InChI=1S/C14H11ClN2O2/c1-8-7-17-14(15)10(6-16)13(8)9-3-4-12(19-2)11(18)5-9/h3-5,7,18H,1-2H3. The average molecular weight is 275 g/mol. The second-order valence-electron chi connectivity index (χ2n) is 3.98. The minimum atomic E-state index is 0.0104. The molecule has 2 aromatic rings.